The van der Waals surface area contributed by atoms with Gasteiger partial charge in [-0.2, -0.15) is 0 Å². The topological polar surface area (TPSA) is 54.0 Å². The Morgan fingerprint density at radius 1 is 1.04 bits per heavy atom. The van der Waals surface area contributed by atoms with E-state index in [0.717, 1.165) is 16.5 Å². The van der Waals surface area contributed by atoms with Gasteiger partial charge < -0.3 is 10.6 Å². The van der Waals surface area contributed by atoms with Gasteiger partial charge in [0.15, 0.2) is 0 Å². The number of halogens is 1. The van der Waals surface area contributed by atoms with Crippen LogP contribution in [-0.2, 0) is 0 Å². The lowest BCUT2D eigenvalue weighted by molar-refractivity contribution is 0.255. The van der Waals surface area contributed by atoms with Crippen molar-refractivity contribution < 1.29 is 4.79 Å². The average molecular weight is 324 g/mol. The van der Waals surface area contributed by atoms with Gasteiger partial charge in [0.05, 0.1) is 11.2 Å². The summed E-state index contributed by atoms with van der Waals surface area (Å²) in [6.07, 6.45) is 5.07. The van der Waals surface area contributed by atoms with Gasteiger partial charge in [0.1, 0.15) is 0 Å². The molecule has 0 saturated carbocycles. The second kappa shape index (κ2) is 6.94. The van der Waals surface area contributed by atoms with Crippen molar-refractivity contribution in [2.24, 2.45) is 0 Å². The molecular weight excluding hydrogens is 310 g/mol. The normalized spacial score (nSPS) is 10.8. The molecule has 0 spiro atoms. The van der Waals surface area contributed by atoms with Gasteiger partial charge in [0.2, 0.25) is 0 Å². The molecule has 2 aromatic carbocycles. The predicted octanol–water partition coefficient (Wildman–Crippen LogP) is 4.68. The largest absolute Gasteiger partial charge is 0.323 e. The molecule has 0 radical (unpaired) electrons. The highest BCUT2D eigenvalue weighted by Crippen LogP contribution is 2.20. The summed E-state index contributed by atoms with van der Waals surface area (Å²) in [5.41, 5.74) is 2.37. The van der Waals surface area contributed by atoms with E-state index >= 15 is 0 Å². The van der Waals surface area contributed by atoms with E-state index in [2.05, 4.69) is 15.6 Å². The molecule has 2 amide bonds. The molecule has 3 aromatic rings. The van der Waals surface area contributed by atoms with Gasteiger partial charge in [0.25, 0.3) is 0 Å². The summed E-state index contributed by atoms with van der Waals surface area (Å²) in [5, 5.41) is 7.11. The van der Waals surface area contributed by atoms with Gasteiger partial charge in [0, 0.05) is 22.8 Å². The first-order valence-electron chi connectivity index (χ1n) is 7.06. The number of anilines is 1. The summed E-state index contributed by atoms with van der Waals surface area (Å²) in [6, 6.07) is 16.5. The summed E-state index contributed by atoms with van der Waals surface area (Å²) >= 11 is 5.82. The minimum atomic E-state index is -0.326. The Labute approximate surface area is 138 Å². The van der Waals surface area contributed by atoms with E-state index in [-0.39, 0.29) is 6.03 Å². The molecule has 5 heteroatoms. The minimum absolute atomic E-state index is 0.326. The van der Waals surface area contributed by atoms with Crippen molar-refractivity contribution in [3.63, 3.8) is 0 Å². The third kappa shape index (κ3) is 3.87. The summed E-state index contributed by atoms with van der Waals surface area (Å²) in [7, 11) is 0. The molecule has 2 N–H and O–H groups in total. The van der Waals surface area contributed by atoms with Crippen molar-refractivity contribution in [1.29, 1.82) is 0 Å². The summed E-state index contributed by atoms with van der Waals surface area (Å²) in [4.78, 5) is 16.3. The highest BCUT2D eigenvalue weighted by Gasteiger charge is 2.04. The average Bonchev–Trinajstić information content (AvgIpc) is 2.57. The molecular formula is C18H14ClN3O. The van der Waals surface area contributed by atoms with Crippen LogP contribution < -0.4 is 10.6 Å². The minimum Gasteiger partial charge on any atom is -0.314 e. The molecule has 23 heavy (non-hydrogen) atoms. The standard InChI is InChI=1S/C18H14ClN3O/c19-15-8-6-13(7-9-15)10-12-21-18(23)22-16-5-1-3-14-4-2-11-20-17(14)16/h1-12H,(H2,21,22,23)/b12-10+. The summed E-state index contributed by atoms with van der Waals surface area (Å²) in [5.74, 6) is 0. The number of fused-ring (bicyclic) bond motifs is 1. The van der Waals surface area contributed by atoms with Crippen LogP contribution in [0.4, 0.5) is 10.5 Å². The van der Waals surface area contributed by atoms with Crippen molar-refractivity contribution >= 4 is 40.3 Å². The molecule has 0 saturated heterocycles. The number of urea groups is 1. The summed E-state index contributed by atoms with van der Waals surface area (Å²) < 4.78 is 0. The second-order valence-electron chi connectivity index (χ2n) is 4.86. The highest BCUT2D eigenvalue weighted by molar-refractivity contribution is 6.30. The Kier molecular flexibility index (Phi) is 4.54. The Morgan fingerprint density at radius 3 is 2.65 bits per heavy atom. The first-order chi connectivity index (χ1) is 11.2. The highest BCUT2D eigenvalue weighted by atomic mass is 35.5. The number of hydrogen-bond donors (Lipinski definition) is 2. The van der Waals surface area contributed by atoms with E-state index in [1.165, 1.54) is 0 Å². The van der Waals surface area contributed by atoms with Gasteiger partial charge in [-0.15, -0.1) is 0 Å². The Bertz CT molecular complexity index is 854. The molecule has 1 heterocycles. The van der Waals surface area contributed by atoms with Gasteiger partial charge in [-0.05, 0) is 35.9 Å². The molecule has 0 fully saturated rings. The SMILES string of the molecule is O=C(N/C=C/c1ccc(Cl)cc1)Nc1cccc2cccnc12. The van der Waals surface area contributed by atoms with Crippen molar-refractivity contribution in [1.82, 2.24) is 10.3 Å². The third-order valence-corrected chi connectivity index (χ3v) is 3.49. The van der Waals surface area contributed by atoms with Crippen molar-refractivity contribution in [2.45, 2.75) is 0 Å². The van der Waals surface area contributed by atoms with E-state index in [0.29, 0.717) is 10.7 Å². The van der Waals surface area contributed by atoms with Gasteiger partial charge in [-0.3, -0.25) is 4.98 Å². The van der Waals surface area contributed by atoms with Crippen LogP contribution in [0.1, 0.15) is 5.56 Å². The second-order valence-corrected chi connectivity index (χ2v) is 5.30. The van der Waals surface area contributed by atoms with E-state index in [1.807, 2.05) is 42.5 Å². The summed E-state index contributed by atoms with van der Waals surface area (Å²) in [6.45, 7) is 0. The molecule has 1 aromatic heterocycles. The Balaban J connectivity index is 1.66. The van der Waals surface area contributed by atoms with Crippen LogP contribution in [0.5, 0.6) is 0 Å². The number of nitrogens with zero attached hydrogens (tertiary/aromatic N) is 1. The number of carbonyl (C=O) groups excluding carboxylic acids is 1. The van der Waals surface area contributed by atoms with Gasteiger partial charge in [-0.1, -0.05) is 41.9 Å². The predicted molar refractivity (Wildman–Crippen MR) is 94.4 cm³/mol. The van der Waals surface area contributed by atoms with E-state index in [1.54, 1.807) is 30.6 Å². The number of nitrogens with one attached hydrogen (secondary N) is 2. The first kappa shape index (κ1) is 15.1. The molecule has 0 aliphatic rings. The van der Waals surface area contributed by atoms with Crippen molar-refractivity contribution in [3.05, 3.63) is 77.6 Å². The zero-order chi connectivity index (χ0) is 16.1. The molecule has 0 bridgehead atoms. The third-order valence-electron chi connectivity index (χ3n) is 3.24. The van der Waals surface area contributed by atoms with Gasteiger partial charge >= 0.3 is 6.03 Å². The number of benzene rings is 2. The Hall–Kier alpha value is -2.85. The van der Waals surface area contributed by atoms with Crippen LogP contribution in [-0.4, -0.2) is 11.0 Å². The zero-order valence-electron chi connectivity index (χ0n) is 12.2. The quantitative estimate of drug-likeness (QED) is 0.735. The smallest absolute Gasteiger partial charge is 0.314 e. The molecule has 0 unspecified atom stereocenters. The molecule has 0 aliphatic carbocycles. The van der Waals surface area contributed by atoms with Crippen LogP contribution in [0, 0.1) is 0 Å². The number of rotatable bonds is 3. The fraction of sp³-hybridized carbons (Fsp3) is 0. The van der Waals surface area contributed by atoms with Crippen molar-refractivity contribution in [2.75, 3.05) is 5.32 Å². The zero-order valence-corrected chi connectivity index (χ0v) is 12.9. The van der Waals surface area contributed by atoms with Crippen molar-refractivity contribution in [3.8, 4) is 0 Å². The van der Waals surface area contributed by atoms with Crippen LogP contribution in [0.15, 0.2) is 67.0 Å². The lowest BCUT2D eigenvalue weighted by atomic mass is 10.2. The number of para-hydroxylation sites is 1. The monoisotopic (exact) mass is 323 g/mol. The molecule has 0 aliphatic heterocycles. The van der Waals surface area contributed by atoms with Gasteiger partial charge in [-0.25, -0.2) is 4.79 Å². The van der Waals surface area contributed by atoms with Crippen LogP contribution in [0.25, 0.3) is 17.0 Å². The maximum absolute atomic E-state index is 12.0. The maximum atomic E-state index is 12.0. The van der Waals surface area contributed by atoms with E-state index in [4.69, 9.17) is 11.6 Å². The molecule has 0 atom stereocenters. The molecule has 114 valence electrons. The fourth-order valence-corrected chi connectivity index (χ4v) is 2.28. The number of hydrogen-bond acceptors (Lipinski definition) is 2. The van der Waals surface area contributed by atoms with Crippen LogP contribution in [0.2, 0.25) is 5.02 Å². The number of aromatic nitrogens is 1. The lowest BCUT2D eigenvalue weighted by Crippen LogP contribution is -2.23. The molecule has 3 rings (SSSR count). The van der Waals surface area contributed by atoms with Crippen LogP contribution in [0.3, 0.4) is 0 Å². The van der Waals surface area contributed by atoms with E-state index in [9.17, 15) is 4.79 Å². The van der Waals surface area contributed by atoms with E-state index < -0.39 is 0 Å². The number of carbonyl (C=O) groups is 1. The number of amides is 2. The first-order valence-corrected chi connectivity index (χ1v) is 7.43. The molecule has 4 nitrogen and oxygen atoms in total. The fourth-order valence-electron chi connectivity index (χ4n) is 2.15. The lowest BCUT2D eigenvalue weighted by Gasteiger charge is -2.07. The maximum Gasteiger partial charge on any atom is 0.323 e. The number of pyridine rings is 1. The van der Waals surface area contributed by atoms with Crippen LogP contribution >= 0.6 is 11.6 Å². The Morgan fingerprint density at radius 2 is 1.83 bits per heavy atom.